The lowest BCUT2D eigenvalue weighted by atomic mass is 10.2. The summed E-state index contributed by atoms with van der Waals surface area (Å²) in [7, 11) is 0. The average molecular weight is 197 g/mol. The lowest BCUT2D eigenvalue weighted by molar-refractivity contribution is -0.117. The summed E-state index contributed by atoms with van der Waals surface area (Å²) in [5.41, 5.74) is 2.87. The lowest BCUT2D eigenvalue weighted by Gasteiger charge is -2.22. The van der Waals surface area contributed by atoms with Gasteiger partial charge in [-0.25, -0.2) is 5.84 Å². The molecule has 3 N–H and O–H groups in total. The van der Waals surface area contributed by atoms with Crippen molar-refractivity contribution in [3.05, 3.63) is 22.8 Å². The van der Waals surface area contributed by atoms with E-state index in [4.69, 9.17) is 5.84 Å². The Labute approximate surface area is 80.8 Å². The second kappa shape index (κ2) is 3.43. The number of allylic oxidation sites excluding steroid dienone is 2. The van der Waals surface area contributed by atoms with E-state index in [-0.39, 0.29) is 5.91 Å². The van der Waals surface area contributed by atoms with Crippen molar-refractivity contribution in [1.82, 2.24) is 10.3 Å². The molecule has 0 bridgehead atoms. The van der Waals surface area contributed by atoms with E-state index >= 15 is 0 Å². The standard InChI is InChI=1S/C8H11N3OS/c9-10-8(12)6-1-2-7-11(5-6)3-4-13-7/h1-2H,3-5,9H2,(H,10,12). The van der Waals surface area contributed by atoms with Crippen molar-refractivity contribution in [2.24, 2.45) is 5.84 Å². The molecule has 5 heteroatoms. The topological polar surface area (TPSA) is 58.4 Å². The summed E-state index contributed by atoms with van der Waals surface area (Å²) in [6.45, 7) is 1.70. The number of nitrogens with one attached hydrogen (secondary N) is 1. The monoisotopic (exact) mass is 197 g/mol. The number of hydrogen-bond acceptors (Lipinski definition) is 4. The molecule has 1 amide bonds. The van der Waals surface area contributed by atoms with E-state index in [0.29, 0.717) is 6.54 Å². The molecule has 0 unspecified atom stereocenters. The van der Waals surface area contributed by atoms with Gasteiger partial charge in [-0.2, -0.15) is 0 Å². The minimum Gasteiger partial charge on any atom is -0.361 e. The van der Waals surface area contributed by atoms with Crippen LogP contribution < -0.4 is 11.3 Å². The van der Waals surface area contributed by atoms with Crippen molar-refractivity contribution in [3.8, 4) is 0 Å². The minimum atomic E-state index is -0.188. The fourth-order valence-electron chi connectivity index (χ4n) is 1.44. The van der Waals surface area contributed by atoms with Crippen LogP contribution in [0.1, 0.15) is 0 Å². The van der Waals surface area contributed by atoms with Gasteiger partial charge in [-0.1, -0.05) is 0 Å². The largest absolute Gasteiger partial charge is 0.361 e. The van der Waals surface area contributed by atoms with Crippen LogP contribution in [-0.4, -0.2) is 29.6 Å². The van der Waals surface area contributed by atoms with Crippen LogP contribution in [0, 0.1) is 0 Å². The highest BCUT2D eigenvalue weighted by atomic mass is 32.2. The summed E-state index contributed by atoms with van der Waals surface area (Å²) in [6, 6.07) is 0. The lowest BCUT2D eigenvalue weighted by Crippen LogP contribution is -2.36. The first-order valence-electron chi connectivity index (χ1n) is 4.11. The van der Waals surface area contributed by atoms with Crippen LogP contribution >= 0.6 is 11.8 Å². The highest BCUT2D eigenvalue weighted by Gasteiger charge is 2.23. The highest BCUT2D eigenvalue weighted by Crippen LogP contribution is 2.30. The van der Waals surface area contributed by atoms with Gasteiger partial charge >= 0.3 is 0 Å². The van der Waals surface area contributed by atoms with Crippen molar-refractivity contribution in [1.29, 1.82) is 0 Å². The predicted octanol–water partition coefficient (Wildman–Crippen LogP) is -0.194. The highest BCUT2D eigenvalue weighted by molar-refractivity contribution is 8.03. The fourth-order valence-corrected chi connectivity index (χ4v) is 2.47. The number of thioether (sulfide) groups is 1. The summed E-state index contributed by atoms with van der Waals surface area (Å²) in [5, 5.41) is 1.26. The van der Waals surface area contributed by atoms with Crippen molar-refractivity contribution >= 4 is 17.7 Å². The van der Waals surface area contributed by atoms with E-state index in [0.717, 1.165) is 17.9 Å². The van der Waals surface area contributed by atoms with Crippen molar-refractivity contribution < 1.29 is 4.79 Å². The molecule has 0 aromatic carbocycles. The number of nitrogens with zero attached hydrogens (tertiary/aromatic N) is 1. The molecule has 1 fully saturated rings. The molecule has 0 aromatic rings. The molecule has 0 aliphatic carbocycles. The van der Waals surface area contributed by atoms with Crippen molar-refractivity contribution in [3.63, 3.8) is 0 Å². The van der Waals surface area contributed by atoms with Crippen LogP contribution in [0.2, 0.25) is 0 Å². The third-order valence-electron chi connectivity index (χ3n) is 2.13. The van der Waals surface area contributed by atoms with Crippen LogP contribution in [0.5, 0.6) is 0 Å². The zero-order valence-electron chi connectivity index (χ0n) is 7.12. The normalized spacial score (nSPS) is 20.5. The van der Waals surface area contributed by atoms with Gasteiger partial charge in [-0.05, 0) is 12.2 Å². The van der Waals surface area contributed by atoms with E-state index in [1.54, 1.807) is 0 Å². The molecule has 0 spiro atoms. The first-order valence-corrected chi connectivity index (χ1v) is 5.09. The van der Waals surface area contributed by atoms with E-state index in [2.05, 4.69) is 10.3 Å². The van der Waals surface area contributed by atoms with Gasteiger partial charge in [0.25, 0.3) is 5.91 Å². The van der Waals surface area contributed by atoms with Gasteiger partial charge in [0.15, 0.2) is 0 Å². The first kappa shape index (κ1) is 8.65. The van der Waals surface area contributed by atoms with E-state index in [9.17, 15) is 4.79 Å². The Hall–Kier alpha value is -0.940. The first-order chi connectivity index (χ1) is 6.31. The van der Waals surface area contributed by atoms with E-state index < -0.39 is 0 Å². The number of carbonyl (C=O) groups is 1. The number of amides is 1. The third kappa shape index (κ3) is 1.57. The van der Waals surface area contributed by atoms with Gasteiger partial charge in [-0.3, -0.25) is 10.2 Å². The molecular formula is C8H11N3OS. The second-order valence-electron chi connectivity index (χ2n) is 2.94. The van der Waals surface area contributed by atoms with Crippen molar-refractivity contribution in [2.45, 2.75) is 0 Å². The Morgan fingerprint density at radius 1 is 1.62 bits per heavy atom. The number of carbonyl (C=O) groups excluding carboxylic acids is 1. The summed E-state index contributed by atoms with van der Waals surface area (Å²) in [4.78, 5) is 13.4. The maximum absolute atomic E-state index is 11.2. The fraction of sp³-hybridized carbons (Fsp3) is 0.375. The molecule has 2 aliphatic rings. The molecule has 2 heterocycles. The summed E-state index contributed by atoms with van der Waals surface area (Å²) < 4.78 is 0. The molecule has 2 aliphatic heterocycles. The molecular weight excluding hydrogens is 186 g/mol. The van der Waals surface area contributed by atoms with Gasteiger partial charge < -0.3 is 4.90 Å². The van der Waals surface area contributed by atoms with Crippen LogP contribution in [0.15, 0.2) is 22.8 Å². The van der Waals surface area contributed by atoms with Crippen molar-refractivity contribution in [2.75, 3.05) is 18.8 Å². The summed E-state index contributed by atoms with van der Waals surface area (Å²) >= 11 is 1.83. The average Bonchev–Trinajstić information content (AvgIpc) is 2.63. The number of fused-ring (bicyclic) bond motifs is 1. The van der Waals surface area contributed by atoms with Gasteiger partial charge in [0.05, 0.1) is 5.03 Å². The molecule has 13 heavy (non-hydrogen) atoms. The smallest absolute Gasteiger partial charge is 0.262 e. The van der Waals surface area contributed by atoms with Gasteiger partial charge in [-0.15, -0.1) is 11.8 Å². The zero-order valence-corrected chi connectivity index (χ0v) is 7.93. The number of rotatable bonds is 1. The number of hydrogen-bond donors (Lipinski definition) is 2. The zero-order chi connectivity index (χ0) is 9.26. The molecule has 2 rings (SSSR count). The Bertz CT molecular complexity index is 298. The molecule has 0 atom stereocenters. The van der Waals surface area contributed by atoms with Crippen LogP contribution in [0.3, 0.4) is 0 Å². The summed E-state index contributed by atoms with van der Waals surface area (Å²) in [5.74, 6) is 5.98. The molecule has 4 nitrogen and oxygen atoms in total. The Balaban J connectivity index is 2.14. The molecule has 0 aromatic heterocycles. The minimum absolute atomic E-state index is 0.188. The Kier molecular flexibility index (Phi) is 2.28. The summed E-state index contributed by atoms with van der Waals surface area (Å²) in [6.07, 6.45) is 3.82. The predicted molar refractivity (Wildman–Crippen MR) is 52.5 cm³/mol. The molecule has 1 saturated heterocycles. The van der Waals surface area contributed by atoms with Crippen LogP contribution in [0.4, 0.5) is 0 Å². The van der Waals surface area contributed by atoms with Crippen LogP contribution in [-0.2, 0) is 4.79 Å². The maximum atomic E-state index is 11.2. The van der Waals surface area contributed by atoms with E-state index in [1.807, 2.05) is 23.9 Å². The molecule has 0 saturated carbocycles. The molecule has 0 radical (unpaired) electrons. The Morgan fingerprint density at radius 2 is 2.46 bits per heavy atom. The van der Waals surface area contributed by atoms with Gasteiger partial charge in [0, 0.05) is 24.4 Å². The van der Waals surface area contributed by atoms with Crippen LogP contribution in [0.25, 0.3) is 0 Å². The maximum Gasteiger partial charge on any atom is 0.262 e. The Morgan fingerprint density at radius 3 is 3.23 bits per heavy atom. The number of nitrogens with two attached hydrogens (primary N) is 1. The second-order valence-corrected chi connectivity index (χ2v) is 4.06. The molecule has 70 valence electrons. The van der Waals surface area contributed by atoms with E-state index in [1.165, 1.54) is 5.03 Å². The third-order valence-corrected chi connectivity index (χ3v) is 3.21. The number of hydrazine groups is 1. The SMILES string of the molecule is NNC(=O)C1=CC=C2SCCN2C1. The van der Waals surface area contributed by atoms with Gasteiger partial charge in [0.1, 0.15) is 0 Å². The van der Waals surface area contributed by atoms with Gasteiger partial charge in [0.2, 0.25) is 0 Å². The quantitative estimate of drug-likeness (QED) is 0.347.